The van der Waals surface area contributed by atoms with E-state index in [4.69, 9.17) is 34.4 Å². The molecule has 30 heteroatoms. The van der Waals surface area contributed by atoms with E-state index >= 15 is 0 Å². The summed E-state index contributed by atoms with van der Waals surface area (Å²) in [6.07, 6.45) is 8.17. The number of nitrogens with two attached hydrogens (primary N) is 1. The number of cyclic esters (lactones) is 1. The van der Waals surface area contributed by atoms with Crippen LogP contribution in [0.1, 0.15) is 110 Å². The molecule has 0 spiro atoms. The molecule has 494 valence electrons. The topological polar surface area (TPSA) is 357 Å². The number of sulfone groups is 1. The molecule has 93 heavy (non-hydrogen) atoms. The Bertz CT molecular complexity index is 4210. The highest BCUT2D eigenvalue weighted by Gasteiger charge is 2.51. The largest absolute Gasteiger partial charge is 0.510 e. The zero-order valence-electron chi connectivity index (χ0n) is 52.3. The first kappa shape index (κ1) is 68.8. The maximum absolute atomic E-state index is 14.4. The van der Waals surface area contributed by atoms with Crippen molar-refractivity contribution in [2.45, 2.75) is 122 Å². The Morgan fingerprint density at radius 2 is 1.69 bits per heavy atom. The molecule has 0 radical (unpaired) electrons. The lowest BCUT2D eigenvalue weighted by Gasteiger charge is -2.35. The van der Waals surface area contributed by atoms with Crippen LogP contribution in [0, 0.1) is 5.92 Å². The fraction of sp³-hybridized carbons (Fsp3) is 0.429. The maximum Gasteiger partial charge on any atom is 0.510 e. The Morgan fingerprint density at radius 1 is 0.935 bits per heavy atom. The van der Waals surface area contributed by atoms with Gasteiger partial charge in [0.2, 0.25) is 26.5 Å². The number of nitrogens with one attached hydrogen (secondary N) is 2. The minimum atomic E-state index is -3.56. The Balaban J connectivity index is 0.701. The lowest BCUT2D eigenvalue weighted by Crippen LogP contribution is -2.47. The molecule has 2 aliphatic rings. The van der Waals surface area contributed by atoms with E-state index in [9.17, 15) is 46.2 Å². The molecule has 2 aromatic carbocycles. The molecule has 5 aromatic heterocycles. The van der Waals surface area contributed by atoms with E-state index in [-0.39, 0.29) is 112 Å². The molecule has 9 rings (SSSR count). The van der Waals surface area contributed by atoms with Crippen molar-refractivity contribution in [2.24, 2.45) is 11.7 Å². The van der Waals surface area contributed by atoms with Gasteiger partial charge in [-0.25, -0.2) is 46.9 Å². The predicted octanol–water partition coefficient (Wildman–Crippen LogP) is 5.52. The van der Waals surface area contributed by atoms with Crippen LogP contribution >= 0.6 is 11.3 Å². The summed E-state index contributed by atoms with van der Waals surface area (Å²) in [5, 5.41) is 16.3. The Morgan fingerprint density at radius 3 is 2.41 bits per heavy atom. The van der Waals surface area contributed by atoms with Crippen LogP contribution in [0.3, 0.4) is 0 Å². The summed E-state index contributed by atoms with van der Waals surface area (Å²) in [5.74, 6) is 0.906. The number of hydrogen-bond acceptors (Lipinski definition) is 23. The van der Waals surface area contributed by atoms with E-state index in [0.717, 1.165) is 22.8 Å². The van der Waals surface area contributed by atoms with Gasteiger partial charge < -0.3 is 44.6 Å². The number of thiazole rings is 1. The maximum atomic E-state index is 14.4. The van der Waals surface area contributed by atoms with Gasteiger partial charge in [-0.05, 0) is 93.8 Å². The van der Waals surface area contributed by atoms with Crippen LogP contribution in [-0.4, -0.2) is 156 Å². The first-order valence-corrected chi connectivity index (χ1v) is 35.1. The number of Topliss-reactive ketones (excluding diaryl/α,β-unsaturated/α-hetero) is 2. The number of aromatic nitrogens is 8. The molecule has 0 bridgehead atoms. The van der Waals surface area contributed by atoms with Gasteiger partial charge in [0.25, 0.3) is 11.5 Å². The molecule has 3 atom stereocenters. The number of anilines is 1. The number of ketones is 2. The van der Waals surface area contributed by atoms with Crippen molar-refractivity contribution in [3.8, 4) is 22.0 Å². The van der Waals surface area contributed by atoms with Gasteiger partial charge >= 0.3 is 12.1 Å². The Hall–Kier alpha value is -8.52. The molecule has 7 heterocycles. The van der Waals surface area contributed by atoms with Crippen molar-refractivity contribution in [3.63, 3.8) is 0 Å². The average Bonchev–Trinajstić information content (AvgIpc) is 1.64. The third-order valence-corrected chi connectivity index (χ3v) is 19.1. The molecule has 4 N–H and O–H groups in total. The lowest BCUT2D eigenvalue weighted by molar-refractivity contribution is -0.175. The van der Waals surface area contributed by atoms with Crippen molar-refractivity contribution < 1.29 is 65.1 Å². The summed E-state index contributed by atoms with van der Waals surface area (Å²) in [5.41, 5.74) is 9.08. The van der Waals surface area contributed by atoms with Crippen LogP contribution in [0.15, 0.2) is 88.5 Å². The summed E-state index contributed by atoms with van der Waals surface area (Å²) < 4.78 is 69.7. The van der Waals surface area contributed by atoms with Gasteiger partial charge in [0.05, 0.1) is 54.9 Å². The fourth-order valence-electron chi connectivity index (χ4n) is 11.0. The van der Waals surface area contributed by atoms with Gasteiger partial charge in [-0.15, -0.1) is 16.4 Å². The zero-order chi connectivity index (χ0) is 66.6. The molecule has 2 aliphatic heterocycles. The van der Waals surface area contributed by atoms with Crippen molar-refractivity contribution in [1.29, 1.82) is 0 Å². The molecular formula is C63H74N12O15S3. The number of carbonyl (C=O) groups excluding carboxylic acids is 6. The second-order valence-corrected chi connectivity index (χ2v) is 28.1. The number of pyridine rings is 2. The van der Waals surface area contributed by atoms with Crippen molar-refractivity contribution in [1.82, 2.24) is 49.1 Å². The normalized spacial score (nSPS) is 15.2. The Kier molecular flexibility index (Phi) is 22.6. The lowest BCUT2D eigenvalue weighted by atomic mass is 9.85. The number of esters is 1. The number of benzene rings is 2. The number of hydrogen-bond donors (Lipinski definition) is 3. The standard InChI is InChI=1S/C63H74N12O15S3/c1-7-63(51-28-54-55-49(33-74(54)59(80)50(51)37-88-60(63)81)47(48-15-8-9-16-52(48)69-55)21-23-75(39(2)3)92(4,5)83)90-62(82)89-34-40-17-19-43(20-18-40)68-56(78)41(13-10-11-22-64)27-46(77)36-87-35-45(76)14-12-25-86-26-24-73-32-44(71-72-73)31-65-57(79)53-38-91-58(70-53)42-29-66-61(67-30-42)93(6,84)85/h8-9,15-20,28-30,32,38-39,41H,4,7,10-14,21-27,31,33-37,64H2,1-3,5-6H3,(H,65,79)(H,68,78)/t41-,63+,92?/m1/s1. The summed E-state index contributed by atoms with van der Waals surface area (Å²) in [4.78, 5) is 111. The molecular weight excluding hydrogens is 1260 g/mol. The van der Waals surface area contributed by atoms with Crippen LogP contribution in [0.25, 0.3) is 32.9 Å². The number of nitrogens with zero attached hydrogens (tertiary/aromatic N) is 9. The van der Waals surface area contributed by atoms with Gasteiger partial charge in [-0.3, -0.25) is 28.2 Å². The Labute approximate surface area is 541 Å². The number of carbonyl (C=O) groups is 6. The average molecular weight is 1340 g/mol. The molecule has 1 unspecified atom stereocenters. The summed E-state index contributed by atoms with van der Waals surface area (Å²) >= 11 is 1.18. The molecule has 27 nitrogen and oxygen atoms in total. The van der Waals surface area contributed by atoms with Crippen LogP contribution in [0.5, 0.6) is 0 Å². The zero-order valence-corrected chi connectivity index (χ0v) is 54.7. The van der Waals surface area contributed by atoms with Crippen molar-refractivity contribution in [3.05, 3.63) is 128 Å². The highest BCUT2D eigenvalue weighted by Crippen LogP contribution is 2.42. The predicted molar refractivity (Wildman–Crippen MR) is 345 cm³/mol. The van der Waals surface area contributed by atoms with Crippen LogP contribution in [0.4, 0.5) is 10.5 Å². The number of rotatable bonds is 33. The SMILES string of the molecule is C=S(C)(=O)N(CCc1c2c(nc3ccccc13)-c1cc3c(c(=O)n1C2)COC(=O)[C@@]3(CC)OC(=O)OCc1ccc(NC(=O)[C@H](CCCCN)CC(=O)COCC(=O)CCCOCCn2cc(CNC(=O)c3csc(-c4cnc(S(C)(=O)=O)nc4)n3)nn2)cc1)C(C)C. The van der Waals surface area contributed by atoms with Crippen LogP contribution in [-0.2, 0) is 107 Å². The first-order chi connectivity index (χ1) is 44.5. The van der Waals surface area contributed by atoms with Gasteiger partial charge in [-0.2, -0.15) is 0 Å². The highest BCUT2D eigenvalue weighted by molar-refractivity contribution is 7.97. The van der Waals surface area contributed by atoms with E-state index in [2.05, 4.69) is 41.8 Å². The van der Waals surface area contributed by atoms with E-state index in [1.807, 2.05) is 42.4 Å². The van der Waals surface area contributed by atoms with E-state index in [1.165, 1.54) is 23.7 Å². The summed E-state index contributed by atoms with van der Waals surface area (Å²) in [6.45, 7) is 6.31. The van der Waals surface area contributed by atoms with E-state index < -0.39 is 60.6 Å². The second kappa shape index (κ2) is 30.5. The summed E-state index contributed by atoms with van der Waals surface area (Å²) in [6, 6.07) is 15.7. The molecule has 0 aliphatic carbocycles. The van der Waals surface area contributed by atoms with Gasteiger partial charge in [0.15, 0.2) is 11.6 Å². The minimum Gasteiger partial charge on any atom is -0.457 e. The highest BCUT2D eigenvalue weighted by atomic mass is 32.2. The second-order valence-electron chi connectivity index (χ2n) is 23.0. The van der Waals surface area contributed by atoms with Gasteiger partial charge in [0, 0.05) is 106 Å². The number of amides is 2. The molecule has 7 aromatic rings. The van der Waals surface area contributed by atoms with Gasteiger partial charge in [-0.1, -0.05) is 48.9 Å². The molecule has 0 saturated carbocycles. The smallest absolute Gasteiger partial charge is 0.457 e. The minimum absolute atomic E-state index is 0.0451. The third kappa shape index (κ3) is 17.0. The fourth-order valence-corrected chi connectivity index (χ4v) is 13.6. The third-order valence-electron chi connectivity index (χ3n) is 15.7. The molecule has 0 saturated heterocycles. The van der Waals surface area contributed by atoms with E-state index in [1.54, 1.807) is 64.3 Å². The number of fused-ring (bicyclic) bond motifs is 5. The number of para-hydroxylation sites is 1. The van der Waals surface area contributed by atoms with Crippen molar-refractivity contribution in [2.75, 3.05) is 57.3 Å². The molecule has 0 fully saturated rings. The molecule has 2 amide bonds. The summed E-state index contributed by atoms with van der Waals surface area (Å²) in [7, 11) is -6.10. The monoisotopic (exact) mass is 1330 g/mol. The van der Waals surface area contributed by atoms with Crippen LogP contribution < -0.4 is 21.9 Å². The first-order valence-electron chi connectivity index (χ1n) is 30.2. The van der Waals surface area contributed by atoms with E-state index in [0.29, 0.717) is 96.2 Å². The number of unbranched alkanes of at least 4 members (excludes halogenated alkanes) is 1. The van der Waals surface area contributed by atoms with Gasteiger partial charge in [0.1, 0.15) is 42.8 Å². The van der Waals surface area contributed by atoms with Crippen LogP contribution in [0.2, 0.25) is 0 Å². The van der Waals surface area contributed by atoms with Crippen molar-refractivity contribution >= 4 is 88.8 Å². The number of ether oxygens (including phenoxy) is 5. The quantitative estimate of drug-likeness (QED) is 0.0197.